The second kappa shape index (κ2) is 7.35. The van der Waals surface area contributed by atoms with Crippen LogP contribution < -0.4 is 5.32 Å². The largest absolute Gasteiger partial charge is 0.302 e. The Hall–Kier alpha value is -2.24. The first-order valence-corrected chi connectivity index (χ1v) is 7.85. The molecule has 0 spiro atoms. The van der Waals surface area contributed by atoms with E-state index in [1.165, 1.54) is 10.4 Å². The van der Waals surface area contributed by atoms with Crippen molar-refractivity contribution in [1.82, 2.24) is 25.5 Å². The maximum absolute atomic E-state index is 6.31. The van der Waals surface area contributed by atoms with Gasteiger partial charge in [-0.2, -0.15) is 4.80 Å². The molecule has 0 saturated carbocycles. The Kier molecular flexibility index (Phi) is 5.00. The Morgan fingerprint density at radius 2 is 1.83 bits per heavy atom. The molecule has 0 bridgehead atoms. The molecule has 0 aliphatic heterocycles. The smallest absolute Gasteiger partial charge is 0.188 e. The number of halogens is 1. The van der Waals surface area contributed by atoms with Gasteiger partial charge in [-0.3, -0.25) is 0 Å². The molecule has 1 aromatic heterocycles. The van der Waals surface area contributed by atoms with Crippen LogP contribution in [0.5, 0.6) is 0 Å². The van der Waals surface area contributed by atoms with Crippen LogP contribution in [-0.4, -0.2) is 20.2 Å². The van der Waals surface area contributed by atoms with Crippen molar-refractivity contribution in [3.05, 3.63) is 76.6 Å². The van der Waals surface area contributed by atoms with Crippen molar-refractivity contribution in [1.29, 1.82) is 0 Å². The maximum Gasteiger partial charge on any atom is 0.188 e. The lowest BCUT2D eigenvalue weighted by molar-refractivity contribution is 0.517. The highest BCUT2D eigenvalue weighted by atomic mass is 35.5. The lowest BCUT2D eigenvalue weighted by atomic mass is 9.99. The van der Waals surface area contributed by atoms with E-state index in [1.807, 2.05) is 36.4 Å². The number of tetrazole rings is 1. The van der Waals surface area contributed by atoms with Gasteiger partial charge in [0.05, 0.1) is 13.6 Å². The average Bonchev–Trinajstić information content (AvgIpc) is 2.99. The fourth-order valence-corrected chi connectivity index (χ4v) is 2.70. The number of hydrogen-bond acceptors (Lipinski definition) is 4. The van der Waals surface area contributed by atoms with Crippen molar-refractivity contribution in [3.63, 3.8) is 0 Å². The first-order chi connectivity index (χ1) is 11.2. The summed E-state index contributed by atoms with van der Waals surface area (Å²) < 4.78 is 0. The Morgan fingerprint density at radius 3 is 2.52 bits per heavy atom. The molecule has 3 aromatic rings. The number of hydrogen-bond donors (Lipinski definition) is 1. The third-order valence-electron chi connectivity index (χ3n) is 3.64. The summed E-state index contributed by atoms with van der Waals surface area (Å²) >= 11 is 6.31. The van der Waals surface area contributed by atoms with Crippen LogP contribution in [0.4, 0.5) is 0 Å². The van der Waals surface area contributed by atoms with E-state index in [0.29, 0.717) is 12.4 Å². The lowest BCUT2D eigenvalue weighted by Crippen LogP contribution is -2.23. The molecule has 0 radical (unpaired) electrons. The summed E-state index contributed by atoms with van der Waals surface area (Å²) in [6, 6.07) is 18.4. The summed E-state index contributed by atoms with van der Waals surface area (Å²) in [6.07, 6.45) is 0.796. The molecule has 5 nitrogen and oxygen atoms in total. The van der Waals surface area contributed by atoms with E-state index in [4.69, 9.17) is 11.6 Å². The molecular formula is C17H18ClN5. The molecule has 3 rings (SSSR count). The van der Waals surface area contributed by atoms with Crippen molar-refractivity contribution in [2.45, 2.75) is 19.0 Å². The molecule has 0 fully saturated rings. The molecule has 1 heterocycles. The third kappa shape index (κ3) is 4.15. The zero-order valence-electron chi connectivity index (χ0n) is 12.9. The van der Waals surface area contributed by atoms with Gasteiger partial charge in [0.2, 0.25) is 0 Å². The SMILES string of the molecule is Cn1nnc(CN[C@@H](Cc2ccccc2Cl)c2ccccc2)n1. The van der Waals surface area contributed by atoms with Crippen molar-refractivity contribution in [2.75, 3.05) is 0 Å². The van der Waals surface area contributed by atoms with E-state index >= 15 is 0 Å². The minimum atomic E-state index is 0.125. The molecule has 1 atom stereocenters. The molecule has 118 valence electrons. The fraction of sp³-hybridized carbons (Fsp3) is 0.235. The summed E-state index contributed by atoms with van der Waals surface area (Å²) in [5.74, 6) is 0.674. The second-order valence-corrected chi connectivity index (χ2v) is 5.74. The Labute approximate surface area is 140 Å². The topological polar surface area (TPSA) is 55.6 Å². The highest BCUT2D eigenvalue weighted by Gasteiger charge is 2.14. The molecule has 0 aliphatic carbocycles. The van der Waals surface area contributed by atoms with Crippen LogP contribution in [0.2, 0.25) is 5.02 Å². The molecular weight excluding hydrogens is 310 g/mol. The molecule has 2 aromatic carbocycles. The molecule has 23 heavy (non-hydrogen) atoms. The quantitative estimate of drug-likeness (QED) is 0.756. The van der Waals surface area contributed by atoms with E-state index in [2.05, 4.69) is 38.9 Å². The average molecular weight is 328 g/mol. The fourth-order valence-electron chi connectivity index (χ4n) is 2.49. The zero-order valence-corrected chi connectivity index (χ0v) is 13.6. The standard InChI is InChI=1S/C17H18ClN5/c1-23-21-17(20-22-23)12-19-16(13-7-3-2-4-8-13)11-14-9-5-6-10-15(14)18/h2-10,16,19H,11-12H2,1H3/t16-/m0/s1. The number of nitrogens with one attached hydrogen (secondary N) is 1. The monoisotopic (exact) mass is 327 g/mol. The van der Waals surface area contributed by atoms with E-state index in [0.717, 1.165) is 17.0 Å². The molecule has 0 amide bonds. The second-order valence-electron chi connectivity index (χ2n) is 5.33. The number of nitrogens with zero attached hydrogens (tertiary/aromatic N) is 4. The van der Waals surface area contributed by atoms with Gasteiger partial charge in [0.1, 0.15) is 0 Å². The van der Waals surface area contributed by atoms with Gasteiger partial charge in [0.15, 0.2) is 5.82 Å². The third-order valence-corrected chi connectivity index (χ3v) is 4.01. The van der Waals surface area contributed by atoms with Crippen LogP contribution in [0.3, 0.4) is 0 Å². The van der Waals surface area contributed by atoms with E-state index in [1.54, 1.807) is 7.05 Å². The van der Waals surface area contributed by atoms with E-state index in [9.17, 15) is 0 Å². The molecule has 1 N–H and O–H groups in total. The Morgan fingerprint density at radius 1 is 1.09 bits per heavy atom. The Balaban J connectivity index is 1.78. The van der Waals surface area contributed by atoms with Gasteiger partial charge in [-0.25, -0.2) is 0 Å². The van der Waals surface area contributed by atoms with Gasteiger partial charge in [-0.15, -0.1) is 10.2 Å². The highest BCUT2D eigenvalue weighted by Crippen LogP contribution is 2.23. The normalized spacial score (nSPS) is 12.3. The van der Waals surface area contributed by atoms with Crippen LogP contribution in [0.1, 0.15) is 23.0 Å². The number of rotatable bonds is 6. The minimum absolute atomic E-state index is 0.125. The molecule has 6 heteroatoms. The van der Waals surface area contributed by atoms with Crippen molar-refractivity contribution in [3.8, 4) is 0 Å². The van der Waals surface area contributed by atoms with Gasteiger partial charge in [0, 0.05) is 11.1 Å². The van der Waals surface area contributed by atoms with Gasteiger partial charge >= 0.3 is 0 Å². The summed E-state index contributed by atoms with van der Waals surface area (Å²) in [7, 11) is 1.76. The summed E-state index contributed by atoms with van der Waals surface area (Å²) in [5.41, 5.74) is 2.32. The summed E-state index contributed by atoms with van der Waals surface area (Å²) in [4.78, 5) is 1.46. The first-order valence-electron chi connectivity index (χ1n) is 7.47. The number of aromatic nitrogens is 4. The van der Waals surface area contributed by atoms with Crippen LogP contribution in [0.15, 0.2) is 54.6 Å². The predicted molar refractivity (Wildman–Crippen MR) is 90.0 cm³/mol. The first kappa shape index (κ1) is 15.6. The van der Waals surface area contributed by atoms with E-state index < -0.39 is 0 Å². The van der Waals surface area contributed by atoms with Crippen LogP contribution in [-0.2, 0) is 20.0 Å². The zero-order chi connectivity index (χ0) is 16.1. The van der Waals surface area contributed by atoms with E-state index in [-0.39, 0.29) is 6.04 Å². The van der Waals surface area contributed by atoms with Crippen LogP contribution in [0.25, 0.3) is 0 Å². The van der Waals surface area contributed by atoms with Gasteiger partial charge in [-0.1, -0.05) is 60.1 Å². The lowest BCUT2D eigenvalue weighted by Gasteiger charge is -2.19. The summed E-state index contributed by atoms with van der Waals surface area (Å²) in [6.45, 7) is 0.553. The van der Waals surface area contributed by atoms with Crippen molar-refractivity contribution < 1.29 is 0 Å². The van der Waals surface area contributed by atoms with Crippen LogP contribution >= 0.6 is 11.6 Å². The van der Waals surface area contributed by atoms with Crippen molar-refractivity contribution in [2.24, 2.45) is 7.05 Å². The Bertz CT molecular complexity index is 756. The van der Waals surface area contributed by atoms with Crippen LogP contribution in [0, 0.1) is 0 Å². The molecule has 0 aliphatic rings. The summed E-state index contributed by atoms with van der Waals surface area (Å²) in [5, 5.41) is 16.4. The van der Waals surface area contributed by atoms with Gasteiger partial charge in [-0.05, 0) is 28.8 Å². The minimum Gasteiger partial charge on any atom is -0.302 e. The highest BCUT2D eigenvalue weighted by molar-refractivity contribution is 6.31. The van der Waals surface area contributed by atoms with Gasteiger partial charge in [0.25, 0.3) is 0 Å². The number of aryl methyl sites for hydroxylation is 1. The van der Waals surface area contributed by atoms with Crippen molar-refractivity contribution >= 4 is 11.6 Å². The molecule has 0 saturated heterocycles. The molecule has 0 unspecified atom stereocenters. The van der Waals surface area contributed by atoms with Gasteiger partial charge < -0.3 is 5.32 Å². The number of benzene rings is 2. The predicted octanol–water partition coefficient (Wildman–Crippen LogP) is 2.94. The maximum atomic E-state index is 6.31.